The molecule has 2 aromatic rings. The summed E-state index contributed by atoms with van der Waals surface area (Å²) in [6.45, 7) is 1.99. The van der Waals surface area contributed by atoms with Gasteiger partial charge in [-0.3, -0.25) is 0 Å². The molecule has 0 bridgehead atoms. The van der Waals surface area contributed by atoms with Crippen molar-refractivity contribution < 1.29 is 9.13 Å². The monoisotopic (exact) mass is 325 g/mol. The number of aryl methyl sites for hydroxylation is 1. The number of benzene rings is 1. The van der Waals surface area contributed by atoms with Crippen molar-refractivity contribution in [1.29, 1.82) is 0 Å². The van der Waals surface area contributed by atoms with E-state index in [4.69, 9.17) is 4.74 Å². The van der Waals surface area contributed by atoms with Crippen LogP contribution in [0.1, 0.15) is 11.5 Å². The minimum atomic E-state index is -0.420. The average molecular weight is 326 g/mol. The highest BCUT2D eigenvalue weighted by Gasteiger charge is 2.06. The molecule has 0 aliphatic carbocycles. The fraction of sp³-hybridized carbons (Fsp3) is 0.231. The Bertz CT molecular complexity index is 592. The van der Waals surface area contributed by atoms with Crippen LogP contribution in [0.2, 0.25) is 0 Å². The molecule has 19 heavy (non-hydrogen) atoms. The van der Waals surface area contributed by atoms with Crippen molar-refractivity contribution in [3.8, 4) is 5.75 Å². The van der Waals surface area contributed by atoms with Gasteiger partial charge in [0.2, 0.25) is 0 Å². The molecule has 0 aliphatic rings. The smallest absolute Gasteiger partial charge is 0.168 e. The van der Waals surface area contributed by atoms with Gasteiger partial charge in [-0.05, 0) is 25.1 Å². The van der Waals surface area contributed by atoms with Gasteiger partial charge < -0.3 is 10.1 Å². The molecule has 1 heterocycles. The maximum absolute atomic E-state index is 13.6. The zero-order valence-corrected chi connectivity index (χ0v) is 12.2. The highest BCUT2D eigenvalue weighted by Crippen LogP contribution is 2.22. The van der Waals surface area contributed by atoms with Gasteiger partial charge in [0.05, 0.1) is 0 Å². The summed E-state index contributed by atoms with van der Waals surface area (Å²) in [6.07, 6.45) is 0. The maximum Gasteiger partial charge on any atom is 0.168 e. The molecule has 0 radical (unpaired) electrons. The lowest BCUT2D eigenvalue weighted by atomic mass is 10.3. The van der Waals surface area contributed by atoms with E-state index >= 15 is 0 Å². The fourth-order valence-corrected chi connectivity index (χ4v) is 1.89. The van der Waals surface area contributed by atoms with Gasteiger partial charge in [-0.25, -0.2) is 14.4 Å². The molecule has 0 unspecified atom stereocenters. The Kier molecular flexibility index (Phi) is 4.31. The number of hydrogen-bond acceptors (Lipinski definition) is 4. The summed E-state index contributed by atoms with van der Waals surface area (Å²) in [5.41, 5.74) is 0.828. The van der Waals surface area contributed by atoms with Crippen molar-refractivity contribution in [3.05, 3.63) is 46.1 Å². The molecule has 1 N–H and O–H groups in total. The Morgan fingerprint density at radius 2 is 2.11 bits per heavy atom. The van der Waals surface area contributed by atoms with E-state index in [0.717, 1.165) is 5.69 Å². The minimum Gasteiger partial charge on any atom is -0.483 e. The van der Waals surface area contributed by atoms with Crippen LogP contribution >= 0.6 is 15.9 Å². The van der Waals surface area contributed by atoms with Crippen molar-refractivity contribution in [2.24, 2.45) is 0 Å². The third kappa shape index (κ3) is 3.64. The molecule has 4 nitrogen and oxygen atoms in total. The first-order valence-corrected chi connectivity index (χ1v) is 6.48. The first-order valence-electron chi connectivity index (χ1n) is 5.68. The Morgan fingerprint density at radius 1 is 1.32 bits per heavy atom. The van der Waals surface area contributed by atoms with E-state index in [0.29, 0.717) is 16.1 Å². The Morgan fingerprint density at radius 3 is 2.79 bits per heavy atom. The fourth-order valence-electron chi connectivity index (χ4n) is 1.56. The van der Waals surface area contributed by atoms with E-state index in [1.54, 1.807) is 19.2 Å². The number of anilines is 1. The van der Waals surface area contributed by atoms with E-state index in [1.165, 1.54) is 6.07 Å². The van der Waals surface area contributed by atoms with Crippen LogP contribution in [0.15, 0.2) is 28.7 Å². The highest BCUT2D eigenvalue weighted by atomic mass is 79.9. The Labute approximate surface area is 119 Å². The van der Waals surface area contributed by atoms with Gasteiger partial charge in [-0.2, -0.15) is 0 Å². The van der Waals surface area contributed by atoms with Crippen LogP contribution in [-0.4, -0.2) is 17.0 Å². The van der Waals surface area contributed by atoms with E-state index in [2.05, 4.69) is 31.2 Å². The third-order valence-corrected chi connectivity index (χ3v) is 2.90. The molecule has 0 spiro atoms. The number of aromatic nitrogens is 2. The molecule has 1 aromatic heterocycles. The predicted molar refractivity (Wildman–Crippen MR) is 74.7 cm³/mol. The van der Waals surface area contributed by atoms with Gasteiger partial charge in [-0.15, -0.1) is 0 Å². The number of ether oxygens (including phenoxy) is 1. The largest absolute Gasteiger partial charge is 0.483 e. The molecular weight excluding hydrogens is 313 g/mol. The summed E-state index contributed by atoms with van der Waals surface area (Å²) >= 11 is 3.19. The molecule has 0 saturated heterocycles. The van der Waals surface area contributed by atoms with Crippen LogP contribution in [-0.2, 0) is 6.61 Å². The van der Waals surface area contributed by atoms with Crippen molar-refractivity contribution in [2.75, 3.05) is 12.4 Å². The topological polar surface area (TPSA) is 47.0 Å². The zero-order chi connectivity index (χ0) is 13.8. The molecule has 0 aliphatic heterocycles. The molecule has 0 atom stereocenters. The van der Waals surface area contributed by atoms with Gasteiger partial charge in [0.25, 0.3) is 0 Å². The summed E-state index contributed by atoms with van der Waals surface area (Å²) in [5, 5.41) is 2.94. The van der Waals surface area contributed by atoms with Crippen molar-refractivity contribution in [1.82, 2.24) is 9.97 Å². The van der Waals surface area contributed by atoms with Crippen molar-refractivity contribution in [2.45, 2.75) is 13.5 Å². The number of nitrogens with zero attached hydrogens (tertiary/aromatic N) is 2. The summed E-state index contributed by atoms with van der Waals surface area (Å²) in [5.74, 6) is 0.976. The van der Waals surface area contributed by atoms with Gasteiger partial charge in [0, 0.05) is 23.3 Å². The second-order valence-electron chi connectivity index (χ2n) is 3.92. The Balaban J connectivity index is 2.12. The van der Waals surface area contributed by atoms with Crippen LogP contribution in [0, 0.1) is 12.7 Å². The molecular formula is C13H13BrFN3O. The van der Waals surface area contributed by atoms with Crippen LogP contribution in [0.4, 0.5) is 10.2 Å². The summed E-state index contributed by atoms with van der Waals surface area (Å²) in [4.78, 5) is 8.47. The zero-order valence-electron chi connectivity index (χ0n) is 10.6. The normalized spacial score (nSPS) is 10.3. The molecule has 0 fully saturated rings. The van der Waals surface area contributed by atoms with Crippen LogP contribution < -0.4 is 10.1 Å². The molecule has 6 heteroatoms. The summed E-state index contributed by atoms with van der Waals surface area (Å²) < 4.78 is 19.6. The predicted octanol–water partition coefficient (Wildman–Crippen LogP) is 3.31. The Hall–Kier alpha value is -1.69. The third-order valence-electron chi connectivity index (χ3n) is 2.41. The number of nitrogens with one attached hydrogen (secondary N) is 1. The maximum atomic E-state index is 13.6. The van der Waals surface area contributed by atoms with Crippen LogP contribution in [0.3, 0.4) is 0 Å². The quantitative estimate of drug-likeness (QED) is 0.936. The SMILES string of the molecule is CNc1cc(C)nc(COc2ccc(Br)cc2F)n1. The van der Waals surface area contributed by atoms with Gasteiger partial charge in [-0.1, -0.05) is 15.9 Å². The van der Waals surface area contributed by atoms with Crippen molar-refractivity contribution >= 4 is 21.7 Å². The van der Waals surface area contributed by atoms with E-state index in [9.17, 15) is 4.39 Å². The van der Waals surface area contributed by atoms with Gasteiger partial charge >= 0.3 is 0 Å². The summed E-state index contributed by atoms with van der Waals surface area (Å²) in [6, 6.07) is 6.46. The second-order valence-corrected chi connectivity index (χ2v) is 4.84. The van der Waals surface area contributed by atoms with Crippen LogP contribution in [0.5, 0.6) is 5.75 Å². The van der Waals surface area contributed by atoms with E-state index in [1.807, 2.05) is 13.0 Å². The lowest BCUT2D eigenvalue weighted by molar-refractivity contribution is 0.281. The van der Waals surface area contributed by atoms with E-state index in [-0.39, 0.29) is 12.4 Å². The lowest BCUT2D eigenvalue weighted by Crippen LogP contribution is -2.06. The van der Waals surface area contributed by atoms with E-state index < -0.39 is 5.82 Å². The molecule has 0 amide bonds. The van der Waals surface area contributed by atoms with Gasteiger partial charge in [0.15, 0.2) is 17.4 Å². The first kappa shape index (κ1) is 13.7. The molecule has 100 valence electrons. The highest BCUT2D eigenvalue weighted by molar-refractivity contribution is 9.10. The molecule has 1 aromatic carbocycles. The summed E-state index contributed by atoms with van der Waals surface area (Å²) in [7, 11) is 1.78. The molecule has 0 saturated carbocycles. The first-order chi connectivity index (χ1) is 9.08. The minimum absolute atomic E-state index is 0.120. The number of rotatable bonds is 4. The van der Waals surface area contributed by atoms with Crippen molar-refractivity contribution in [3.63, 3.8) is 0 Å². The average Bonchev–Trinajstić information content (AvgIpc) is 2.37. The number of halogens is 2. The second kappa shape index (κ2) is 5.97. The van der Waals surface area contributed by atoms with Gasteiger partial charge in [0.1, 0.15) is 12.4 Å². The molecule has 2 rings (SSSR count). The standard InChI is InChI=1S/C13H13BrFN3O/c1-8-5-12(16-2)18-13(17-8)7-19-11-4-3-9(14)6-10(11)15/h3-6H,7H2,1-2H3,(H,16,17,18). The van der Waals surface area contributed by atoms with Crippen LogP contribution in [0.25, 0.3) is 0 Å². The number of hydrogen-bond donors (Lipinski definition) is 1. The lowest BCUT2D eigenvalue weighted by Gasteiger charge is -2.08.